The number of amides is 1. The lowest BCUT2D eigenvalue weighted by Crippen LogP contribution is -2.38. The molecule has 5 heteroatoms. The first-order valence-electron chi connectivity index (χ1n) is 8.55. The molecule has 0 saturated carbocycles. The number of nitrogens with one attached hydrogen (secondary N) is 1. The van der Waals surface area contributed by atoms with Gasteiger partial charge in [-0.1, -0.05) is 30.3 Å². The van der Waals surface area contributed by atoms with Gasteiger partial charge in [-0.25, -0.2) is 4.79 Å². The number of hydrogen-bond donors (Lipinski definition) is 1. The van der Waals surface area contributed by atoms with E-state index in [4.69, 9.17) is 9.47 Å². The maximum absolute atomic E-state index is 12.4. The second-order valence-electron chi connectivity index (χ2n) is 6.98. The molecule has 0 fully saturated rings. The SMILES string of the molecule is CC1(C)OC(=O)C2=C1NC(=O)C[C@H]2c1cccc(Oc2ccccc2)c1. The molecule has 2 aliphatic rings. The van der Waals surface area contributed by atoms with E-state index in [1.807, 2.05) is 54.6 Å². The average Bonchev–Trinajstić information content (AvgIpc) is 2.84. The first-order chi connectivity index (χ1) is 12.4. The summed E-state index contributed by atoms with van der Waals surface area (Å²) in [4.78, 5) is 24.6. The third-order valence-electron chi connectivity index (χ3n) is 4.68. The Balaban J connectivity index is 1.71. The molecule has 1 amide bonds. The van der Waals surface area contributed by atoms with Crippen molar-refractivity contribution in [2.75, 3.05) is 0 Å². The van der Waals surface area contributed by atoms with Crippen molar-refractivity contribution in [1.82, 2.24) is 5.32 Å². The van der Waals surface area contributed by atoms with Crippen LogP contribution in [-0.2, 0) is 14.3 Å². The molecule has 1 N–H and O–H groups in total. The molecular formula is C21H19NO4. The van der Waals surface area contributed by atoms with Crippen LogP contribution in [0.5, 0.6) is 11.5 Å². The highest BCUT2D eigenvalue weighted by Gasteiger charge is 2.47. The van der Waals surface area contributed by atoms with E-state index in [0.29, 0.717) is 17.0 Å². The van der Waals surface area contributed by atoms with Crippen molar-refractivity contribution >= 4 is 11.9 Å². The molecule has 5 nitrogen and oxygen atoms in total. The molecule has 0 bridgehead atoms. The van der Waals surface area contributed by atoms with Crippen LogP contribution in [0.25, 0.3) is 0 Å². The number of carbonyl (C=O) groups is 2. The van der Waals surface area contributed by atoms with Gasteiger partial charge in [0.2, 0.25) is 5.91 Å². The van der Waals surface area contributed by atoms with Gasteiger partial charge >= 0.3 is 5.97 Å². The van der Waals surface area contributed by atoms with Gasteiger partial charge in [-0.2, -0.15) is 0 Å². The topological polar surface area (TPSA) is 64.6 Å². The van der Waals surface area contributed by atoms with Gasteiger partial charge in [0.15, 0.2) is 0 Å². The normalized spacial score (nSPS) is 21.1. The minimum absolute atomic E-state index is 0.116. The molecule has 0 radical (unpaired) electrons. The summed E-state index contributed by atoms with van der Waals surface area (Å²) >= 11 is 0. The van der Waals surface area contributed by atoms with Crippen LogP contribution < -0.4 is 10.1 Å². The fourth-order valence-electron chi connectivity index (χ4n) is 3.48. The number of carbonyl (C=O) groups excluding carboxylic acids is 2. The second-order valence-corrected chi connectivity index (χ2v) is 6.98. The van der Waals surface area contributed by atoms with Crippen molar-refractivity contribution in [3.8, 4) is 11.5 Å². The van der Waals surface area contributed by atoms with E-state index in [9.17, 15) is 9.59 Å². The van der Waals surface area contributed by atoms with Gasteiger partial charge in [-0.05, 0) is 43.7 Å². The van der Waals surface area contributed by atoms with Gasteiger partial charge in [0.05, 0.1) is 11.3 Å². The molecule has 1 atom stereocenters. The number of esters is 1. The Morgan fingerprint density at radius 2 is 1.77 bits per heavy atom. The zero-order valence-corrected chi connectivity index (χ0v) is 14.6. The summed E-state index contributed by atoms with van der Waals surface area (Å²) in [6.07, 6.45) is 0.207. The number of para-hydroxylation sites is 1. The molecule has 132 valence electrons. The highest BCUT2D eigenvalue weighted by Crippen LogP contribution is 2.43. The van der Waals surface area contributed by atoms with Gasteiger partial charge < -0.3 is 14.8 Å². The van der Waals surface area contributed by atoms with Crippen molar-refractivity contribution in [3.63, 3.8) is 0 Å². The van der Waals surface area contributed by atoms with Crippen LogP contribution in [0.15, 0.2) is 65.9 Å². The van der Waals surface area contributed by atoms with Crippen molar-refractivity contribution in [3.05, 3.63) is 71.4 Å². The van der Waals surface area contributed by atoms with Gasteiger partial charge in [-0.15, -0.1) is 0 Å². The molecule has 0 unspecified atom stereocenters. The second kappa shape index (κ2) is 6.02. The van der Waals surface area contributed by atoms with Crippen LogP contribution >= 0.6 is 0 Å². The molecule has 26 heavy (non-hydrogen) atoms. The van der Waals surface area contributed by atoms with Gasteiger partial charge in [-0.3, -0.25) is 4.79 Å². The molecule has 0 aliphatic carbocycles. The first-order valence-corrected chi connectivity index (χ1v) is 8.55. The maximum Gasteiger partial charge on any atom is 0.337 e. The first kappa shape index (κ1) is 16.4. The summed E-state index contributed by atoms with van der Waals surface area (Å²) in [5.41, 5.74) is 1.14. The number of benzene rings is 2. The van der Waals surface area contributed by atoms with Crippen molar-refractivity contribution in [2.45, 2.75) is 31.8 Å². The highest BCUT2D eigenvalue weighted by molar-refractivity contribution is 5.99. The van der Waals surface area contributed by atoms with E-state index in [0.717, 1.165) is 11.3 Å². The summed E-state index contributed by atoms with van der Waals surface area (Å²) in [7, 11) is 0. The lowest BCUT2D eigenvalue weighted by molar-refractivity contribution is -0.144. The molecule has 0 aromatic heterocycles. The zero-order valence-electron chi connectivity index (χ0n) is 14.6. The van der Waals surface area contributed by atoms with E-state index in [1.165, 1.54) is 0 Å². The minimum atomic E-state index is -0.821. The summed E-state index contributed by atoms with van der Waals surface area (Å²) in [5, 5.41) is 2.82. The maximum atomic E-state index is 12.4. The van der Waals surface area contributed by atoms with E-state index in [-0.39, 0.29) is 24.2 Å². The molecule has 0 spiro atoms. The molecule has 2 heterocycles. The van der Waals surface area contributed by atoms with Crippen LogP contribution in [0.3, 0.4) is 0 Å². The van der Waals surface area contributed by atoms with Gasteiger partial charge in [0.25, 0.3) is 0 Å². The largest absolute Gasteiger partial charge is 0.457 e. The van der Waals surface area contributed by atoms with Crippen LogP contribution in [0.1, 0.15) is 31.7 Å². The third kappa shape index (κ3) is 2.86. The quantitative estimate of drug-likeness (QED) is 0.859. The summed E-state index contributed by atoms with van der Waals surface area (Å²) in [5.74, 6) is 0.561. The Morgan fingerprint density at radius 1 is 1.04 bits per heavy atom. The standard InChI is InChI=1S/C21H19NO4/c1-21(2)19-18(20(24)26-21)16(12-17(23)22-19)13-7-6-10-15(11-13)25-14-8-4-3-5-9-14/h3-11,16H,12H2,1-2H3,(H,22,23)/t16-/m0/s1. The summed E-state index contributed by atoms with van der Waals surface area (Å²) < 4.78 is 11.3. The van der Waals surface area contributed by atoms with E-state index in [1.54, 1.807) is 13.8 Å². The summed E-state index contributed by atoms with van der Waals surface area (Å²) in [6, 6.07) is 17.0. The monoisotopic (exact) mass is 349 g/mol. The lowest BCUT2D eigenvalue weighted by atomic mass is 9.83. The highest BCUT2D eigenvalue weighted by atomic mass is 16.6. The van der Waals surface area contributed by atoms with Crippen molar-refractivity contribution in [1.29, 1.82) is 0 Å². The molecule has 2 aromatic carbocycles. The van der Waals surface area contributed by atoms with Crippen LogP contribution in [0, 0.1) is 0 Å². The molecule has 2 aliphatic heterocycles. The predicted molar refractivity (Wildman–Crippen MR) is 95.7 cm³/mol. The summed E-state index contributed by atoms with van der Waals surface area (Å²) in [6.45, 7) is 3.57. The average molecular weight is 349 g/mol. The van der Waals surface area contributed by atoms with E-state index < -0.39 is 5.60 Å². The fourth-order valence-corrected chi connectivity index (χ4v) is 3.48. The van der Waals surface area contributed by atoms with E-state index in [2.05, 4.69) is 5.32 Å². The number of rotatable bonds is 3. The number of ether oxygens (including phenoxy) is 2. The molecule has 0 saturated heterocycles. The van der Waals surface area contributed by atoms with Gasteiger partial charge in [0.1, 0.15) is 17.1 Å². The Kier molecular flexibility index (Phi) is 3.80. The van der Waals surface area contributed by atoms with Crippen LogP contribution in [0.2, 0.25) is 0 Å². The Labute approximate surface area is 151 Å². The van der Waals surface area contributed by atoms with Crippen LogP contribution in [0.4, 0.5) is 0 Å². The predicted octanol–water partition coefficient (Wildman–Crippen LogP) is 3.67. The Bertz CT molecular complexity index is 915. The number of cyclic esters (lactones) is 1. The zero-order chi connectivity index (χ0) is 18.3. The fraction of sp³-hybridized carbons (Fsp3) is 0.238. The Hall–Kier alpha value is -3.08. The van der Waals surface area contributed by atoms with Crippen molar-refractivity contribution < 1.29 is 19.1 Å². The third-order valence-corrected chi connectivity index (χ3v) is 4.68. The van der Waals surface area contributed by atoms with Gasteiger partial charge in [0, 0.05) is 12.3 Å². The number of hydrogen-bond acceptors (Lipinski definition) is 4. The Morgan fingerprint density at radius 3 is 2.54 bits per heavy atom. The smallest absolute Gasteiger partial charge is 0.337 e. The molecule has 2 aromatic rings. The van der Waals surface area contributed by atoms with Crippen molar-refractivity contribution in [2.24, 2.45) is 0 Å². The lowest BCUT2D eigenvalue weighted by Gasteiger charge is -2.27. The van der Waals surface area contributed by atoms with Crippen LogP contribution in [-0.4, -0.2) is 17.5 Å². The van der Waals surface area contributed by atoms with E-state index >= 15 is 0 Å². The minimum Gasteiger partial charge on any atom is -0.457 e. The molecule has 4 rings (SSSR count). The molecular weight excluding hydrogens is 330 g/mol.